The summed E-state index contributed by atoms with van der Waals surface area (Å²) in [6.07, 6.45) is 7.88. The first-order valence-corrected chi connectivity index (χ1v) is 8.28. The van der Waals surface area contributed by atoms with Crippen LogP contribution in [0.4, 0.5) is 0 Å². The zero-order valence-corrected chi connectivity index (χ0v) is 12.9. The molecule has 0 amide bonds. The van der Waals surface area contributed by atoms with Crippen LogP contribution >= 0.6 is 27.3 Å². The average Bonchev–Trinajstić information content (AvgIpc) is 2.75. The summed E-state index contributed by atoms with van der Waals surface area (Å²) in [6, 6.07) is 2.16. The molecule has 1 saturated carbocycles. The maximum Gasteiger partial charge on any atom is 0.0314 e. The zero-order valence-electron chi connectivity index (χ0n) is 10.5. The Hall–Kier alpha value is 0.140. The molecule has 2 atom stereocenters. The molecular formula is C14H22BrNS. The molecule has 1 aromatic heterocycles. The number of hydrogen-bond acceptors (Lipinski definition) is 2. The number of thiophene rings is 1. The van der Waals surface area contributed by atoms with E-state index >= 15 is 0 Å². The van der Waals surface area contributed by atoms with Gasteiger partial charge in [0.25, 0.3) is 0 Å². The molecule has 1 nitrogen and oxygen atoms in total. The highest BCUT2D eigenvalue weighted by molar-refractivity contribution is 9.10. The minimum Gasteiger partial charge on any atom is -0.330 e. The van der Waals surface area contributed by atoms with Crippen LogP contribution in [0.1, 0.15) is 43.9 Å². The quantitative estimate of drug-likeness (QED) is 0.863. The van der Waals surface area contributed by atoms with Gasteiger partial charge in [0.15, 0.2) is 0 Å². The van der Waals surface area contributed by atoms with Crippen molar-refractivity contribution in [2.24, 2.45) is 17.1 Å². The highest BCUT2D eigenvalue weighted by Gasteiger charge is 2.35. The molecule has 3 heteroatoms. The van der Waals surface area contributed by atoms with Crippen LogP contribution in [0.2, 0.25) is 0 Å². The fourth-order valence-electron chi connectivity index (χ4n) is 3.14. The smallest absolute Gasteiger partial charge is 0.0314 e. The van der Waals surface area contributed by atoms with Gasteiger partial charge >= 0.3 is 0 Å². The van der Waals surface area contributed by atoms with Gasteiger partial charge in [0.1, 0.15) is 0 Å². The van der Waals surface area contributed by atoms with Crippen molar-refractivity contribution in [2.75, 3.05) is 6.54 Å². The highest BCUT2D eigenvalue weighted by Crippen LogP contribution is 2.44. The van der Waals surface area contributed by atoms with Crippen LogP contribution in [-0.2, 0) is 6.42 Å². The molecule has 17 heavy (non-hydrogen) atoms. The minimum atomic E-state index is 0.367. The van der Waals surface area contributed by atoms with Gasteiger partial charge in [0.2, 0.25) is 0 Å². The van der Waals surface area contributed by atoms with E-state index in [2.05, 4.69) is 34.3 Å². The summed E-state index contributed by atoms with van der Waals surface area (Å²) in [6.45, 7) is 3.16. The van der Waals surface area contributed by atoms with Crippen molar-refractivity contribution in [3.8, 4) is 0 Å². The molecule has 1 aliphatic carbocycles. The molecule has 1 fully saturated rings. The van der Waals surface area contributed by atoms with Crippen LogP contribution in [0.15, 0.2) is 15.9 Å². The van der Waals surface area contributed by atoms with Crippen LogP contribution in [-0.4, -0.2) is 6.54 Å². The van der Waals surface area contributed by atoms with Gasteiger partial charge < -0.3 is 5.73 Å². The summed E-state index contributed by atoms with van der Waals surface area (Å²) in [5.41, 5.74) is 6.48. The number of rotatable bonds is 4. The van der Waals surface area contributed by atoms with Gasteiger partial charge in [0, 0.05) is 9.35 Å². The van der Waals surface area contributed by atoms with Gasteiger partial charge in [0.05, 0.1) is 0 Å². The van der Waals surface area contributed by atoms with Crippen molar-refractivity contribution in [1.82, 2.24) is 0 Å². The van der Waals surface area contributed by atoms with E-state index in [9.17, 15) is 0 Å². The van der Waals surface area contributed by atoms with Crippen LogP contribution in [0.5, 0.6) is 0 Å². The first-order chi connectivity index (χ1) is 8.19. The van der Waals surface area contributed by atoms with Crippen LogP contribution < -0.4 is 5.73 Å². The third-order valence-electron chi connectivity index (χ3n) is 4.28. The Balaban J connectivity index is 2.11. The molecule has 1 aromatic rings. The van der Waals surface area contributed by atoms with E-state index in [1.54, 1.807) is 0 Å². The summed E-state index contributed by atoms with van der Waals surface area (Å²) < 4.78 is 1.27. The van der Waals surface area contributed by atoms with Crippen molar-refractivity contribution in [3.63, 3.8) is 0 Å². The fourth-order valence-corrected chi connectivity index (χ4v) is 4.81. The van der Waals surface area contributed by atoms with E-state index in [1.165, 1.54) is 41.5 Å². The first-order valence-electron chi connectivity index (χ1n) is 6.61. The van der Waals surface area contributed by atoms with E-state index in [4.69, 9.17) is 5.73 Å². The lowest BCUT2D eigenvalue weighted by atomic mass is 9.67. The SMILES string of the molecule is CCC1CCCC(CN)(Cc2sccc2Br)C1. The van der Waals surface area contributed by atoms with Crippen molar-refractivity contribution in [3.05, 3.63) is 20.8 Å². The number of hydrogen-bond donors (Lipinski definition) is 1. The summed E-state index contributed by atoms with van der Waals surface area (Å²) in [5, 5.41) is 2.17. The molecule has 1 heterocycles. The largest absolute Gasteiger partial charge is 0.330 e. The predicted molar refractivity (Wildman–Crippen MR) is 79.5 cm³/mol. The molecule has 2 N–H and O–H groups in total. The summed E-state index contributed by atoms with van der Waals surface area (Å²) in [7, 11) is 0. The molecule has 0 saturated heterocycles. The second-order valence-corrected chi connectivity index (χ2v) is 7.30. The molecule has 96 valence electrons. The monoisotopic (exact) mass is 315 g/mol. The lowest BCUT2D eigenvalue weighted by molar-refractivity contribution is 0.143. The number of halogens is 1. The van der Waals surface area contributed by atoms with Gasteiger partial charge in [-0.25, -0.2) is 0 Å². The Bertz CT molecular complexity index is 363. The summed E-state index contributed by atoms with van der Waals surface area (Å²) >= 11 is 5.51. The Morgan fingerprint density at radius 2 is 2.41 bits per heavy atom. The van der Waals surface area contributed by atoms with Gasteiger partial charge in [-0.3, -0.25) is 0 Å². The maximum atomic E-state index is 6.11. The lowest BCUT2D eigenvalue weighted by Gasteiger charge is -2.40. The Morgan fingerprint density at radius 3 is 3.00 bits per heavy atom. The molecule has 0 radical (unpaired) electrons. The molecule has 1 aliphatic rings. The molecule has 0 bridgehead atoms. The molecule has 0 aliphatic heterocycles. The third kappa shape index (κ3) is 3.12. The van der Waals surface area contributed by atoms with E-state index < -0.39 is 0 Å². The van der Waals surface area contributed by atoms with E-state index in [0.29, 0.717) is 5.41 Å². The third-order valence-corrected chi connectivity index (χ3v) is 6.20. The minimum absolute atomic E-state index is 0.367. The van der Waals surface area contributed by atoms with Gasteiger partial charge in [-0.1, -0.05) is 26.2 Å². The fraction of sp³-hybridized carbons (Fsp3) is 0.714. The lowest BCUT2D eigenvalue weighted by Crippen LogP contribution is -2.37. The van der Waals surface area contributed by atoms with Gasteiger partial charge in [-0.15, -0.1) is 11.3 Å². The zero-order chi connectivity index (χ0) is 12.3. The van der Waals surface area contributed by atoms with Crippen molar-refractivity contribution in [2.45, 2.75) is 45.4 Å². The predicted octanol–water partition coefficient (Wildman–Crippen LogP) is 4.60. The summed E-state index contributed by atoms with van der Waals surface area (Å²) in [4.78, 5) is 1.48. The summed E-state index contributed by atoms with van der Waals surface area (Å²) in [5.74, 6) is 0.894. The van der Waals surface area contributed by atoms with E-state index in [1.807, 2.05) is 11.3 Å². The highest BCUT2D eigenvalue weighted by atomic mass is 79.9. The van der Waals surface area contributed by atoms with E-state index in [-0.39, 0.29) is 0 Å². The average molecular weight is 316 g/mol. The van der Waals surface area contributed by atoms with Crippen LogP contribution in [0, 0.1) is 11.3 Å². The normalized spacial score (nSPS) is 29.5. The molecule has 0 spiro atoms. The molecule has 2 unspecified atom stereocenters. The van der Waals surface area contributed by atoms with E-state index in [0.717, 1.165) is 18.9 Å². The Kier molecular flexibility index (Phi) is 4.67. The van der Waals surface area contributed by atoms with Crippen molar-refractivity contribution < 1.29 is 0 Å². The Labute approximate surface area is 117 Å². The van der Waals surface area contributed by atoms with Crippen molar-refractivity contribution >= 4 is 27.3 Å². The molecular weight excluding hydrogens is 294 g/mol. The van der Waals surface area contributed by atoms with Crippen LogP contribution in [0.25, 0.3) is 0 Å². The van der Waals surface area contributed by atoms with Crippen molar-refractivity contribution in [1.29, 1.82) is 0 Å². The molecule has 2 rings (SSSR count). The van der Waals surface area contributed by atoms with Gasteiger partial charge in [-0.05, 0) is 64.5 Å². The Morgan fingerprint density at radius 1 is 1.59 bits per heavy atom. The standard InChI is InChI=1S/C14H22BrNS/c1-2-11-4-3-6-14(8-11,10-16)9-13-12(15)5-7-17-13/h5,7,11H,2-4,6,8-10,16H2,1H3. The second kappa shape index (κ2) is 5.85. The second-order valence-electron chi connectivity index (χ2n) is 5.44. The topological polar surface area (TPSA) is 26.0 Å². The number of nitrogens with two attached hydrogens (primary N) is 1. The molecule has 0 aromatic carbocycles. The maximum absolute atomic E-state index is 6.11. The van der Waals surface area contributed by atoms with Gasteiger partial charge in [-0.2, -0.15) is 0 Å². The van der Waals surface area contributed by atoms with Crippen LogP contribution in [0.3, 0.4) is 0 Å². The first kappa shape index (κ1) is 13.6.